The molecule has 84 heavy (non-hydrogen) atoms. The molecule has 0 radical (unpaired) electrons. The molecule has 0 N–H and O–H groups in total. The quantitative estimate of drug-likeness (QED) is 0.142. The minimum atomic E-state index is -2.89. The summed E-state index contributed by atoms with van der Waals surface area (Å²) in [6, 6.07) is 74.7. The molecule has 0 fully saturated rings. The van der Waals surface area contributed by atoms with Crippen molar-refractivity contribution >= 4 is 85.0 Å². The van der Waals surface area contributed by atoms with Crippen LogP contribution in [0.1, 0.15) is 33.4 Å². The van der Waals surface area contributed by atoms with Crippen LogP contribution in [0.25, 0.3) is 88.3 Å². The van der Waals surface area contributed by atoms with Crippen LogP contribution in [0.2, 0.25) is 52.4 Å². The van der Waals surface area contributed by atoms with Crippen molar-refractivity contribution in [3.8, 4) is 89.8 Å². The molecule has 0 unspecified atom stereocenters. The van der Waals surface area contributed by atoms with Crippen LogP contribution in [0.4, 0.5) is 0 Å². The fourth-order valence-corrected chi connectivity index (χ4v) is 30.0. The molecule has 10 aromatic carbocycles. The van der Waals surface area contributed by atoms with Crippen molar-refractivity contribution in [2.24, 2.45) is 0 Å². The van der Waals surface area contributed by atoms with Crippen molar-refractivity contribution in [1.29, 1.82) is 0 Å². The highest BCUT2D eigenvalue weighted by molar-refractivity contribution is 7.10. The first-order chi connectivity index (χ1) is 40.6. The summed E-state index contributed by atoms with van der Waals surface area (Å²) >= 11 is 0. The average Bonchev–Trinajstić information content (AvgIpc) is 1.19. The third kappa shape index (κ3) is 7.02. The molecule has 412 valence electrons. The molecule has 0 bridgehead atoms. The summed E-state index contributed by atoms with van der Waals surface area (Å²) < 4.78 is 24.1. The van der Waals surface area contributed by atoms with Gasteiger partial charge >= 0.3 is 0 Å². The minimum absolute atomic E-state index is 0.844. The average molecular weight is 1160 g/mol. The van der Waals surface area contributed by atoms with Gasteiger partial charge in [0.2, 0.25) is 0 Å². The summed E-state index contributed by atoms with van der Waals surface area (Å²) in [5.41, 5.74) is 26.7. The molecule has 5 aliphatic rings. The van der Waals surface area contributed by atoms with E-state index < -0.39 is 32.3 Å². The second-order valence-corrected chi connectivity index (χ2v) is 42.8. The molecule has 4 aliphatic heterocycles. The van der Waals surface area contributed by atoms with Gasteiger partial charge in [-0.1, -0.05) is 198 Å². The van der Waals surface area contributed by atoms with Gasteiger partial charge in [-0.3, -0.25) is 0 Å². The summed E-state index contributed by atoms with van der Waals surface area (Å²) in [5.74, 6) is 3.39. The smallest absolute Gasteiger partial charge is 0.118 e. The van der Waals surface area contributed by atoms with Crippen molar-refractivity contribution < 1.29 is 18.9 Å². The molecule has 0 atom stereocenters. The molecule has 0 amide bonds. The zero-order valence-corrected chi connectivity index (χ0v) is 54.1. The Bertz CT molecular complexity index is 4250. The lowest BCUT2D eigenvalue weighted by molar-refractivity contribution is 0.414. The van der Waals surface area contributed by atoms with Crippen molar-refractivity contribution in [3.05, 3.63) is 228 Å². The highest BCUT2D eigenvalue weighted by atomic mass is 28.3. The normalized spacial score (nSPS) is 17.9. The largest absolute Gasteiger partial charge is 0.497 e. The summed E-state index contributed by atoms with van der Waals surface area (Å²) in [6.07, 6.45) is 0. The molecule has 0 saturated carbocycles. The maximum atomic E-state index is 6.09. The topological polar surface area (TPSA) is 36.9 Å². The fourth-order valence-electron chi connectivity index (χ4n) is 16.3. The standard InChI is InChI=1S/C76H68O4Si4/c1-77-49-37-29-45(30-38-49)61-65-53-21-13-17-25-57(53)83(9,10)75-64(48-35-43-52(80-4)44-36-48)70-68-56-24-16-20-28-60(56)82(7,8)74(68)62(46-31-39-50(78-2)40-32-46)66-54-22-14-18-26-58(54)84(11,12)76(72(66)70)63(47-33-41-51(79-3)42-34-47)69(71(65)75)67-55-23-15-19-27-59(55)81(5,6)73(61)67/h13-44H,1-12H3/b69-63?,70-64?,75-64+,76-63+. The molecule has 8 heteroatoms. The molecular formula is C76H68O4Si4. The van der Waals surface area contributed by atoms with Gasteiger partial charge in [0.15, 0.2) is 0 Å². The van der Waals surface area contributed by atoms with Gasteiger partial charge in [0, 0.05) is 0 Å². The molecule has 4 heterocycles. The lowest BCUT2D eigenvalue weighted by Crippen LogP contribution is -2.53. The Morgan fingerprint density at radius 1 is 0.226 bits per heavy atom. The number of hydrogen-bond acceptors (Lipinski definition) is 4. The van der Waals surface area contributed by atoms with Gasteiger partial charge in [-0.25, -0.2) is 0 Å². The van der Waals surface area contributed by atoms with Crippen LogP contribution >= 0.6 is 0 Å². The third-order valence-electron chi connectivity index (χ3n) is 20.0. The van der Waals surface area contributed by atoms with Crippen LogP contribution in [0.5, 0.6) is 23.0 Å². The van der Waals surface area contributed by atoms with Crippen molar-refractivity contribution in [3.63, 3.8) is 0 Å². The molecule has 0 spiro atoms. The lowest BCUT2D eigenvalue weighted by Gasteiger charge is -2.47. The Labute approximate surface area is 498 Å². The van der Waals surface area contributed by atoms with Gasteiger partial charge in [-0.05, 0) is 201 Å². The minimum Gasteiger partial charge on any atom is -0.497 e. The summed E-state index contributed by atoms with van der Waals surface area (Å²) in [7, 11) is -3.78. The van der Waals surface area contributed by atoms with Crippen LogP contribution in [0, 0.1) is 0 Å². The van der Waals surface area contributed by atoms with Gasteiger partial charge < -0.3 is 18.9 Å². The Morgan fingerprint density at radius 3 is 0.762 bits per heavy atom. The van der Waals surface area contributed by atoms with Crippen LogP contribution in [-0.4, -0.2) is 60.7 Å². The molecule has 10 aromatic rings. The Kier molecular flexibility index (Phi) is 11.6. The monoisotopic (exact) mass is 1160 g/mol. The number of rotatable bonds is 8. The first-order valence-corrected chi connectivity index (χ1v) is 41.5. The highest BCUT2D eigenvalue weighted by Gasteiger charge is 2.54. The second kappa shape index (κ2) is 18.6. The zero-order chi connectivity index (χ0) is 57.9. The first-order valence-electron chi connectivity index (χ1n) is 29.5. The molecule has 4 nitrogen and oxygen atoms in total. The van der Waals surface area contributed by atoms with Crippen molar-refractivity contribution in [2.75, 3.05) is 28.4 Å². The van der Waals surface area contributed by atoms with Crippen LogP contribution in [0.3, 0.4) is 0 Å². The lowest BCUT2D eigenvalue weighted by atomic mass is 9.72. The second-order valence-electron chi connectivity index (χ2n) is 25.6. The summed E-state index contributed by atoms with van der Waals surface area (Å²) in [4.78, 5) is 0. The molecular weight excluding hydrogens is 1090 g/mol. The Hall–Kier alpha value is -8.25. The van der Waals surface area contributed by atoms with Crippen molar-refractivity contribution in [2.45, 2.75) is 52.4 Å². The Morgan fingerprint density at radius 2 is 0.476 bits per heavy atom. The maximum Gasteiger partial charge on any atom is 0.118 e. The fraction of sp³-hybridized carbons (Fsp3) is 0.158. The molecule has 15 rings (SSSR count). The number of methoxy groups -OCH3 is 4. The number of ether oxygens (including phenoxy) is 4. The van der Waals surface area contributed by atoms with Crippen LogP contribution in [0.15, 0.2) is 194 Å². The van der Waals surface area contributed by atoms with Crippen LogP contribution in [-0.2, 0) is 0 Å². The zero-order valence-electron chi connectivity index (χ0n) is 50.1. The Balaban J connectivity index is 1.33. The number of fused-ring (bicyclic) bond motifs is 12. The summed E-state index contributed by atoms with van der Waals surface area (Å²) in [6.45, 7) is 21.2. The number of hydrogen-bond donors (Lipinski definition) is 0. The van der Waals surface area contributed by atoms with E-state index in [1.807, 2.05) is 0 Å². The highest BCUT2D eigenvalue weighted by Crippen LogP contribution is 2.63. The predicted octanol–water partition coefficient (Wildman–Crippen LogP) is 15.2. The van der Waals surface area contributed by atoms with E-state index in [1.165, 1.54) is 153 Å². The van der Waals surface area contributed by atoms with E-state index in [2.05, 4.69) is 246 Å². The van der Waals surface area contributed by atoms with E-state index in [1.54, 1.807) is 28.4 Å². The van der Waals surface area contributed by atoms with Gasteiger partial charge in [-0.15, -0.1) is 0 Å². The molecule has 0 saturated heterocycles. The number of benzene rings is 10. The van der Waals surface area contributed by atoms with E-state index >= 15 is 0 Å². The van der Waals surface area contributed by atoms with E-state index in [0.29, 0.717) is 0 Å². The summed E-state index contributed by atoms with van der Waals surface area (Å²) in [5, 5.41) is 11.8. The molecule has 1 aliphatic carbocycles. The van der Waals surface area contributed by atoms with Gasteiger partial charge in [0.05, 0.1) is 28.4 Å². The van der Waals surface area contributed by atoms with E-state index in [0.717, 1.165) is 23.0 Å². The van der Waals surface area contributed by atoms with Gasteiger partial charge in [0.1, 0.15) is 55.3 Å². The SMILES string of the molecule is COc1ccc(/C2=C3/c4c(c5c(c(-c6ccc(OC)cc6)c4-c4ccccc4[Si]3(C)C)[Si](C)(C)c3ccccc3-5)/C(c3ccc(OC)cc3)=C3\c4c2c2c(c(-c5ccc(OC)cc5)c4-c4ccccc4[Si]3(C)C)[Si](C)(C)c3ccccc3-2)cc1. The van der Waals surface area contributed by atoms with Gasteiger partial charge in [-0.2, -0.15) is 0 Å². The van der Waals surface area contributed by atoms with E-state index in [4.69, 9.17) is 18.9 Å². The van der Waals surface area contributed by atoms with E-state index in [-0.39, 0.29) is 0 Å². The maximum absolute atomic E-state index is 6.09. The predicted molar refractivity (Wildman–Crippen MR) is 364 cm³/mol. The van der Waals surface area contributed by atoms with Crippen molar-refractivity contribution in [1.82, 2.24) is 0 Å². The third-order valence-corrected chi connectivity index (χ3v) is 34.1. The first kappa shape index (κ1) is 52.5. The molecule has 0 aromatic heterocycles. The van der Waals surface area contributed by atoms with E-state index in [9.17, 15) is 0 Å². The van der Waals surface area contributed by atoms with Crippen LogP contribution < -0.4 is 50.1 Å². The van der Waals surface area contributed by atoms with Gasteiger partial charge in [0.25, 0.3) is 0 Å².